The summed E-state index contributed by atoms with van der Waals surface area (Å²) in [7, 11) is 0. The van der Waals surface area contributed by atoms with Gasteiger partial charge in [0.05, 0.1) is 33.5 Å². The Hall–Kier alpha value is -1.87. The number of nitrogens with zero attached hydrogens (tertiary/aromatic N) is 3. The molecule has 0 saturated carbocycles. The average molecular weight is 478 g/mol. The molecule has 0 bridgehead atoms. The SMILES string of the molecule is O=C(CSc1nc(CC(=O)N2CCN(c3ccccc3Cl)CC2)cs1)c1cccs1. The summed E-state index contributed by atoms with van der Waals surface area (Å²) in [6.07, 6.45) is 0.294. The Kier molecular flexibility index (Phi) is 7.09. The molecule has 5 nitrogen and oxygen atoms in total. The number of hydrogen-bond acceptors (Lipinski definition) is 7. The maximum Gasteiger partial charge on any atom is 0.228 e. The van der Waals surface area contributed by atoms with Crippen molar-refractivity contribution in [1.82, 2.24) is 9.88 Å². The fraction of sp³-hybridized carbons (Fsp3) is 0.286. The molecule has 4 rings (SSSR count). The predicted molar refractivity (Wildman–Crippen MR) is 125 cm³/mol. The Labute approximate surface area is 192 Å². The van der Waals surface area contributed by atoms with Gasteiger partial charge in [0.25, 0.3) is 0 Å². The van der Waals surface area contributed by atoms with Gasteiger partial charge in [0.15, 0.2) is 10.1 Å². The van der Waals surface area contributed by atoms with Crippen molar-refractivity contribution in [3.05, 3.63) is 62.8 Å². The molecule has 0 N–H and O–H groups in total. The van der Waals surface area contributed by atoms with Crippen molar-refractivity contribution in [2.75, 3.05) is 36.8 Å². The molecule has 3 heterocycles. The minimum absolute atomic E-state index is 0.0883. The lowest BCUT2D eigenvalue weighted by Gasteiger charge is -2.36. The van der Waals surface area contributed by atoms with Gasteiger partial charge in [0.2, 0.25) is 5.91 Å². The summed E-state index contributed by atoms with van der Waals surface area (Å²) in [6, 6.07) is 11.5. The number of hydrogen-bond donors (Lipinski definition) is 0. The van der Waals surface area contributed by atoms with E-state index in [2.05, 4.69) is 9.88 Å². The highest BCUT2D eigenvalue weighted by Crippen LogP contribution is 2.27. The van der Waals surface area contributed by atoms with E-state index in [0.717, 1.165) is 38.7 Å². The van der Waals surface area contributed by atoms with Gasteiger partial charge in [-0.3, -0.25) is 9.59 Å². The second-order valence-corrected chi connectivity index (χ2v) is 10.2. The second-order valence-electron chi connectivity index (χ2n) is 6.79. The average Bonchev–Trinajstić information content (AvgIpc) is 3.45. The zero-order chi connectivity index (χ0) is 20.9. The third-order valence-corrected chi connectivity index (χ3v) is 8.11. The van der Waals surface area contributed by atoms with Crippen LogP contribution in [0.4, 0.5) is 5.69 Å². The van der Waals surface area contributed by atoms with Gasteiger partial charge in [0.1, 0.15) is 0 Å². The normalized spacial score (nSPS) is 14.2. The molecule has 0 unspecified atom stereocenters. The van der Waals surface area contributed by atoms with Crippen LogP contribution in [-0.4, -0.2) is 53.5 Å². The van der Waals surface area contributed by atoms with E-state index in [-0.39, 0.29) is 11.7 Å². The lowest BCUT2D eigenvalue weighted by atomic mass is 10.2. The first-order chi connectivity index (χ1) is 14.6. The fourth-order valence-electron chi connectivity index (χ4n) is 3.24. The van der Waals surface area contributed by atoms with Crippen molar-refractivity contribution in [3.63, 3.8) is 0 Å². The maximum atomic E-state index is 12.7. The number of halogens is 1. The van der Waals surface area contributed by atoms with Gasteiger partial charge in [-0.1, -0.05) is 41.6 Å². The molecule has 30 heavy (non-hydrogen) atoms. The highest BCUT2D eigenvalue weighted by molar-refractivity contribution is 8.01. The van der Waals surface area contributed by atoms with Crippen molar-refractivity contribution in [2.24, 2.45) is 0 Å². The maximum absolute atomic E-state index is 12.7. The van der Waals surface area contributed by atoms with Crippen LogP contribution in [0.1, 0.15) is 15.4 Å². The van der Waals surface area contributed by atoms with Crippen molar-refractivity contribution in [1.29, 1.82) is 0 Å². The highest BCUT2D eigenvalue weighted by atomic mass is 35.5. The first kappa shape index (κ1) is 21.4. The molecule has 1 aromatic carbocycles. The van der Waals surface area contributed by atoms with E-state index in [9.17, 15) is 9.59 Å². The molecule has 1 saturated heterocycles. The van der Waals surface area contributed by atoms with Crippen LogP contribution in [0.15, 0.2) is 51.5 Å². The zero-order valence-electron chi connectivity index (χ0n) is 16.1. The van der Waals surface area contributed by atoms with Crippen LogP contribution in [-0.2, 0) is 11.2 Å². The molecule has 0 atom stereocenters. The first-order valence-corrected chi connectivity index (χ1v) is 12.6. The van der Waals surface area contributed by atoms with Crippen LogP contribution in [0.25, 0.3) is 0 Å². The van der Waals surface area contributed by atoms with Crippen molar-refractivity contribution < 1.29 is 9.59 Å². The summed E-state index contributed by atoms with van der Waals surface area (Å²) >= 11 is 10.7. The number of aromatic nitrogens is 1. The lowest BCUT2D eigenvalue weighted by Crippen LogP contribution is -2.49. The van der Waals surface area contributed by atoms with Crippen LogP contribution < -0.4 is 4.90 Å². The molecular weight excluding hydrogens is 458 g/mol. The summed E-state index contributed by atoms with van der Waals surface area (Å²) in [5, 5.41) is 4.55. The summed E-state index contributed by atoms with van der Waals surface area (Å²) in [5.41, 5.74) is 1.79. The molecule has 0 radical (unpaired) electrons. The number of carbonyl (C=O) groups is 2. The zero-order valence-corrected chi connectivity index (χ0v) is 19.3. The Morgan fingerprint density at radius 3 is 2.60 bits per heavy atom. The number of thioether (sulfide) groups is 1. The fourth-order valence-corrected chi connectivity index (χ4v) is 5.98. The topological polar surface area (TPSA) is 53.5 Å². The number of para-hydroxylation sites is 1. The smallest absolute Gasteiger partial charge is 0.228 e. The highest BCUT2D eigenvalue weighted by Gasteiger charge is 2.23. The number of rotatable bonds is 7. The second kappa shape index (κ2) is 9.96. The quantitative estimate of drug-likeness (QED) is 0.364. The van der Waals surface area contributed by atoms with Gasteiger partial charge in [-0.25, -0.2) is 4.98 Å². The molecule has 0 spiro atoms. The number of benzene rings is 1. The standard InChI is InChI=1S/C21H20ClN3O2S3/c22-16-4-1-2-5-17(16)24-7-9-25(10-8-24)20(27)12-15-13-29-21(23-15)30-14-18(26)19-6-3-11-28-19/h1-6,11,13H,7-10,12,14H2. The Morgan fingerprint density at radius 1 is 1.07 bits per heavy atom. The van der Waals surface area contributed by atoms with Crippen LogP contribution in [0.2, 0.25) is 5.02 Å². The molecule has 1 aliphatic rings. The Bertz CT molecular complexity index is 1010. The van der Waals surface area contributed by atoms with E-state index < -0.39 is 0 Å². The first-order valence-electron chi connectivity index (χ1n) is 9.51. The number of ketones is 1. The van der Waals surface area contributed by atoms with Gasteiger partial charge in [0, 0.05) is 31.6 Å². The third kappa shape index (κ3) is 5.24. The monoisotopic (exact) mass is 477 g/mol. The minimum Gasteiger partial charge on any atom is -0.367 e. The largest absolute Gasteiger partial charge is 0.367 e. The number of thiazole rings is 1. The summed E-state index contributed by atoms with van der Waals surface area (Å²) in [6.45, 7) is 2.87. The molecule has 1 amide bonds. The number of amides is 1. The Morgan fingerprint density at radius 2 is 1.87 bits per heavy atom. The molecule has 1 aliphatic heterocycles. The van der Waals surface area contributed by atoms with Gasteiger partial charge in [-0.05, 0) is 23.6 Å². The van der Waals surface area contributed by atoms with E-state index in [1.807, 2.05) is 52.1 Å². The number of carbonyl (C=O) groups excluding carboxylic acids is 2. The molecule has 9 heteroatoms. The van der Waals surface area contributed by atoms with Gasteiger partial charge in [-0.15, -0.1) is 22.7 Å². The Balaban J connectivity index is 1.26. The van der Waals surface area contributed by atoms with Crippen LogP contribution in [0.3, 0.4) is 0 Å². The molecule has 156 valence electrons. The molecule has 3 aromatic rings. The van der Waals surface area contributed by atoms with Crippen molar-refractivity contribution >= 4 is 63.4 Å². The number of piperazine rings is 1. The molecule has 1 fully saturated rings. The van der Waals surface area contributed by atoms with Gasteiger partial charge >= 0.3 is 0 Å². The van der Waals surface area contributed by atoms with Crippen molar-refractivity contribution in [3.8, 4) is 0 Å². The van der Waals surface area contributed by atoms with E-state index in [1.165, 1.54) is 34.4 Å². The molecule has 0 aliphatic carbocycles. The number of Topliss-reactive ketones (excluding diaryl/α,β-unsaturated/α-hetero) is 1. The third-order valence-electron chi connectivity index (χ3n) is 4.81. The van der Waals surface area contributed by atoms with Crippen LogP contribution >= 0.6 is 46.0 Å². The van der Waals surface area contributed by atoms with Crippen molar-refractivity contribution in [2.45, 2.75) is 10.8 Å². The van der Waals surface area contributed by atoms with Crippen LogP contribution in [0.5, 0.6) is 0 Å². The van der Waals surface area contributed by atoms with E-state index in [1.54, 1.807) is 0 Å². The number of thiophene rings is 1. The van der Waals surface area contributed by atoms with E-state index in [0.29, 0.717) is 25.3 Å². The summed E-state index contributed by atoms with van der Waals surface area (Å²) in [5.74, 6) is 0.565. The number of anilines is 1. The lowest BCUT2D eigenvalue weighted by molar-refractivity contribution is -0.130. The predicted octanol–water partition coefficient (Wildman–Crippen LogP) is 4.72. The minimum atomic E-state index is 0.0883. The van der Waals surface area contributed by atoms with Crippen LogP contribution in [0, 0.1) is 0 Å². The van der Waals surface area contributed by atoms with Gasteiger partial charge < -0.3 is 9.80 Å². The molecule has 2 aromatic heterocycles. The van der Waals surface area contributed by atoms with E-state index >= 15 is 0 Å². The summed E-state index contributed by atoms with van der Waals surface area (Å²) < 4.78 is 0.825. The van der Waals surface area contributed by atoms with E-state index in [4.69, 9.17) is 11.6 Å². The van der Waals surface area contributed by atoms with Gasteiger partial charge in [-0.2, -0.15) is 0 Å². The summed E-state index contributed by atoms with van der Waals surface area (Å²) in [4.78, 5) is 34.2. The molecular formula is C21H20ClN3O2S3.